The second kappa shape index (κ2) is 43.6. The lowest BCUT2D eigenvalue weighted by atomic mass is 9.87. The van der Waals surface area contributed by atoms with Crippen LogP contribution in [0.3, 0.4) is 0 Å². The average Bonchev–Trinajstić information content (AvgIpc) is 0.803. The second-order valence-corrected chi connectivity index (χ2v) is 34.0. The first-order valence-corrected chi connectivity index (χ1v) is 40.3. The maximum absolute atomic E-state index is 12.6. The molecule has 0 amide bonds. The number of anilines is 4. The van der Waals surface area contributed by atoms with Gasteiger partial charge in [0, 0.05) is 150 Å². The first-order chi connectivity index (χ1) is 56.2. The molecule has 0 saturated carbocycles. The maximum Gasteiger partial charge on any atom is 0.393 e. The molecule has 0 radical (unpaired) electrons. The third kappa shape index (κ3) is 26.3. The fraction of sp³-hybridized carbons (Fsp3) is 0.478. The molecule has 5 aromatic heterocycles. The summed E-state index contributed by atoms with van der Waals surface area (Å²) in [6, 6.07) is 29.9. The number of rotatable bonds is 8. The topological polar surface area (TPSA) is 403 Å². The van der Waals surface area contributed by atoms with Crippen molar-refractivity contribution in [1.29, 1.82) is 26.3 Å². The minimum atomic E-state index is -4.19. The van der Waals surface area contributed by atoms with Crippen molar-refractivity contribution in [3.8, 4) is 30.3 Å². The quantitative estimate of drug-likeness (QED) is 0.103. The molecular weight excluding hydrogens is 1600 g/mol. The fourth-order valence-electron chi connectivity index (χ4n) is 16.0. The number of halogens is 4. The lowest BCUT2D eigenvalue weighted by molar-refractivity contribution is -0.183. The Morgan fingerprint density at radius 1 is 0.397 bits per heavy atom. The van der Waals surface area contributed by atoms with Crippen LogP contribution in [0.2, 0.25) is 0 Å². The van der Waals surface area contributed by atoms with Gasteiger partial charge in [0.15, 0.2) is 0 Å². The van der Waals surface area contributed by atoms with Gasteiger partial charge in [-0.3, -0.25) is 59.4 Å². The molecule has 5 saturated heterocycles. The van der Waals surface area contributed by atoms with Gasteiger partial charge in [-0.15, -0.1) is 0 Å². The lowest BCUT2D eigenvalue weighted by Gasteiger charge is -2.38. The highest BCUT2D eigenvalue weighted by Gasteiger charge is 2.43. The Bertz CT molecular complexity index is 5090. The average molecular weight is 1720 g/mol. The van der Waals surface area contributed by atoms with Crippen LogP contribution in [0.25, 0.3) is 55.2 Å². The number of carbonyl (C=O) groups excluding carboxylic acids is 2. The van der Waals surface area contributed by atoms with Gasteiger partial charge in [-0.05, 0) is 192 Å². The molecule has 0 spiro atoms. The number of fused-ring (bicyclic) bond motifs is 5. The third-order valence-corrected chi connectivity index (χ3v) is 21.1. The number of aromatic nitrogens is 10. The van der Waals surface area contributed by atoms with Crippen LogP contribution in [-0.2, 0) is 19.1 Å². The van der Waals surface area contributed by atoms with Gasteiger partial charge >= 0.3 is 18.1 Å². The van der Waals surface area contributed by atoms with E-state index in [4.69, 9.17) is 47.7 Å². The molecule has 10 unspecified atom stereocenters. The Morgan fingerprint density at radius 2 is 0.661 bits per heavy atom. The van der Waals surface area contributed by atoms with Crippen molar-refractivity contribution in [2.45, 2.75) is 172 Å². The number of alkyl halides is 3. The summed E-state index contributed by atoms with van der Waals surface area (Å²) in [5.74, 6) is 0.102. The molecule has 10 aromatic rings. The highest BCUT2D eigenvalue weighted by Crippen LogP contribution is 2.38. The summed E-state index contributed by atoms with van der Waals surface area (Å²) in [6.07, 6.45) is 16.7. The molecule has 0 bridgehead atoms. The monoisotopic (exact) mass is 1720 g/mol. The van der Waals surface area contributed by atoms with Gasteiger partial charge in [-0.2, -0.15) is 39.5 Å². The van der Waals surface area contributed by atoms with Crippen LogP contribution >= 0.6 is 15.9 Å². The Hall–Kier alpha value is -11.5. The van der Waals surface area contributed by atoms with Crippen LogP contribution in [0.15, 0.2) is 127 Å². The summed E-state index contributed by atoms with van der Waals surface area (Å²) in [5.41, 5.74) is 31.2. The molecular formula is C90H113BrF3N23O4. The van der Waals surface area contributed by atoms with E-state index in [1.54, 1.807) is 101 Å². The number of nitrogens with two attached hydrogens (primary N) is 3. The lowest BCUT2D eigenvalue weighted by Crippen LogP contribution is -2.46. The van der Waals surface area contributed by atoms with E-state index in [0.29, 0.717) is 92.0 Å². The first-order valence-electron chi connectivity index (χ1n) is 39.6. The molecule has 15 rings (SSSR count). The fourth-order valence-corrected chi connectivity index (χ4v) is 16.4. The number of hydrogen-bond acceptors (Lipinski definition) is 27. The second-order valence-electron chi connectivity index (χ2n) is 33.2. The predicted molar refractivity (Wildman–Crippen MR) is 472 cm³/mol. The summed E-state index contributed by atoms with van der Waals surface area (Å²) in [6.45, 7) is 27.1. The number of esters is 2. The molecule has 10 heterocycles. The molecule has 5 aliphatic rings. The van der Waals surface area contributed by atoms with Gasteiger partial charge in [0.2, 0.25) is 0 Å². The number of carbonyl (C=O) groups is 2. The van der Waals surface area contributed by atoms with Crippen molar-refractivity contribution < 1.29 is 32.2 Å². The summed E-state index contributed by atoms with van der Waals surface area (Å²) in [5, 5.41) is 48.4. The normalized spacial score (nSPS) is 20.7. The number of benzene rings is 5. The first kappa shape index (κ1) is 96.6. The number of ether oxygens (including phenoxy) is 2. The van der Waals surface area contributed by atoms with Crippen molar-refractivity contribution in [2.24, 2.45) is 58.6 Å². The predicted octanol–water partition coefficient (Wildman–Crippen LogP) is 15.4. The zero-order valence-corrected chi connectivity index (χ0v) is 69.8. The van der Waals surface area contributed by atoms with Crippen LogP contribution in [0.4, 0.5) is 35.9 Å². The highest BCUT2D eigenvalue weighted by atomic mass is 79.9. The van der Waals surface area contributed by atoms with E-state index >= 15 is 0 Å². The molecule has 5 fully saturated rings. The molecule has 10 atom stereocenters. The zero-order valence-electron chi connectivity index (χ0n) is 68.2. The number of nitrogens with one attached hydrogen (secondary N) is 1. The smallest absolute Gasteiger partial charge is 0.393 e. The molecule has 0 aliphatic carbocycles. The van der Waals surface area contributed by atoms with Gasteiger partial charge in [0.1, 0.15) is 96.7 Å². The molecule has 640 valence electrons. The van der Waals surface area contributed by atoms with Crippen molar-refractivity contribution in [2.75, 3.05) is 85.0 Å². The number of nitriles is 5. The Labute approximate surface area is 716 Å². The van der Waals surface area contributed by atoms with Crippen molar-refractivity contribution in [1.82, 2.24) is 55.2 Å². The van der Waals surface area contributed by atoms with Crippen molar-refractivity contribution >= 4 is 106 Å². The standard InChI is InChI=1S/C21H26N4O2.3C15H17N5.C12H20F3NO2.C9H4BrN3.3CH4/c1-14-9-15(10-18(26)27-21(2,3)4)13-25(12-14)17-6-5-16(11-22)19-20(17)24-8-7-23-19;3*1-10-6-12(17)9-20(8-10)13-3-2-11(7-16)14-15(13)19-5-4-18-14;1-11(2,3)18-10(17)5-8-4-9(7-16-6-8)12(13,14)15;10-7-2-1-6(5-11)8-9(7)13-4-3-12-8;;;/h5-8,14-15H,9-10,12-13H2,1-4H3;3*2-5,10,12H,6,8-9,17H2,1H3;8-9,16H,4-7H2,1-3H3;1-4H;3*1H4. The van der Waals surface area contributed by atoms with Gasteiger partial charge in [0.05, 0.1) is 62.9 Å². The minimum Gasteiger partial charge on any atom is -0.460 e. The highest BCUT2D eigenvalue weighted by molar-refractivity contribution is 9.10. The zero-order chi connectivity index (χ0) is 85.2. The third-order valence-electron chi connectivity index (χ3n) is 20.4. The molecule has 7 N–H and O–H groups in total. The number of piperidine rings is 5. The number of hydrogen-bond donors (Lipinski definition) is 4. The van der Waals surface area contributed by atoms with E-state index in [-0.39, 0.29) is 77.6 Å². The van der Waals surface area contributed by atoms with Crippen molar-refractivity contribution in [3.05, 3.63) is 155 Å². The van der Waals surface area contributed by atoms with E-state index in [9.17, 15) is 28.0 Å². The maximum atomic E-state index is 12.6. The van der Waals surface area contributed by atoms with Crippen LogP contribution in [0, 0.1) is 98.1 Å². The van der Waals surface area contributed by atoms with Gasteiger partial charge in [-0.1, -0.05) is 50.0 Å². The van der Waals surface area contributed by atoms with Gasteiger partial charge in [-0.25, -0.2) is 0 Å². The van der Waals surface area contributed by atoms with Gasteiger partial charge < -0.3 is 51.6 Å². The van der Waals surface area contributed by atoms with E-state index in [1.807, 2.05) is 63.2 Å². The van der Waals surface area contributed by atoms with Crippen LogP contribution in [-0.4, -0.2) is 163 Å². The van der Waals surface area contributed by atoms with E-state index < -0.39 is 29.3 Å². The molecule has 31 heteroatoms. The molecule has 121 heavy (non-hydrogen) atoms. The van der Waals surface area contributed by atoms with E-state index in [0.717, 1.165) is 133 Å². The van der Waals surface area contributed by atoms with Gasteiger partial charge in [0.25, 0.3) is 0 Å². The number of nitrogens with zero attached hydrogens (tertiary/aromatic N) is 19. The van der Waals surface area contributed by atoms with Crippen molar-refractivity contribution in [3.63, 3.8) is 0 Å². The Morgan fingerprint density at radius 3 is 0.950 bits per heavy atom. The SMILES string of the molecule is C.C.C.CC(C)(C)OC(=O)CC1CNCC(C(F)(F)F)C1.CC1CC(CC(=O)OC(C)(C)C)CN(c2ccc(C#N)c3nccnc23)C1.CC1CC(N)CN(c2ccc(C#N)c3nccnc23)C1.CC1CC(N)CN(c2ccc(C#N)c3nccnc23)C1.CC1CC(N)CN(c2ccc(C#N)c3nccnc23)C1.N#Cc1ccc(Br)c2nccnc12. The largest absolute Gasteiger partial charge is 0.460 e. The Kier molecular flexibility index (Phi) is 34.9. The summed E-state index contributed by atoms with van der Waals surface area (Å²) in [7, 11) is 0. The van der Waals surface area contributed by atoms with Crippen LogP contribution in [0.1, 0.15) is 164 Å². The summed E-state index contributed by atoms with van der Waals surface area (Å²) >= 11 is 3.35. The van der Waals surface area contributed by atoms with E-state index in [1.165, 1.54) is 0 Å². The van der Waals surface area contributed by atoms with Crippen LogP contribution in [0.5, 0.6) is 0 Å². The Balaban J connectivity index is 0.000000201. The molecule has 27 nitrogen and oxygen atoms in total. The van der Waals surface area contributed by atoms with Crippen LogP contribution < -0.4 is 42.1 Å². The molecule has 5 aromatic carbocycles. The summed E-state index contributed by atoms with van der Waals surface area (Å²) < 4.78 is 49.2. The minimum absolute atomic E-state index is 0. The summed E-state index contributed by atoms with van der Waals surface area (Å²) in [4.78, 5) is 76.1. The molecule has 5 aliphatic heterocycles. The van der Waals surface area contributed by atoms with E-state index in [2.05, 4.69) is 149 Å².